The lowest BCUT2D eigenvalue weighted by molar-refractivity contribution is 0.102. The van der Waals surface area contributed by atoms with Crippen molar-refractivity contribution >= 4 is 27.4 Å². The number of benzene rings is 3. The quantitative estimate of drug-likeness (QED) is 0.455. The van der Waals surface area contributed by atoms with Crippen molar-refractivity contribution in [3.8, 4) is 5.69 Å². The average Bonchev–Trinajstić information content (AvgIpc) is 3.24. The molecule has 0 aliphatic heterocycles. The highest BCUT2D eigenvalue weighted by atomic mass is 32.2. The maximum Gasteiger partial charge on any atom is 0.262 e. The van der Waals surface area contributed by atoms with Gasteiger partial charge in [-0.2, -0.15) is 5.10 Å². The van der Waals surface area contributed by atoms with E-state index in [1.54, 1.807) is 54.2 Å². The maximum absolute atomic E-state index is 12.9. The average molecular weight is 447 g/mol. The molecule has 2 N–H and O–H groups in total. The zero-order valence-electron chi connectivity index (χ0n) is 17.6. The van der Waals surface area contributed by atoms with Crippen molar-refractivity contribution in [2.75, 3.05) is 10.0 Å². The molecule has 0 saturated carbocycles. The van der Waals surface area contributed by atoms with Crippen LogP contribution in [0.15, 0.2) is 90.0 Å². The summed E-state index contributed by atoms with van der Waals surface area (Å²) >= 11 is 0. The lowest BCUT2D eigenvalue weighted by atomic mass is 10.2. The van der Waals surface area contributed by atoms with E-state index in [1.165, 1.54) is 6.07 Å². The van der Waals surface area contributed by atoms with Gasteiger partial charge in [-0.1, -0.05) is 36.4 Å². The van der Waals surface area contributed by atoms with Crippen LogP contribution in [0.5, 0.6) is 0 Å². The number of amides is 1. The molecule has 3 aromatic carbocycles. The van der Waals surface area contributed by atoms with Crippen LogP contribution < -0.4 is 10.0 Å². The van der Waals surface area contributed by atoms with Crippen LogP contribution in [0, 0.1) is 13.8 Å². The molecule has 8 heteroatoms. The number of nitrogens with one attached hydrogen (secondary N) is 2. The third-order valence-corrected chi connectivity index (χ3v) is 6.38. The predicted octanol–water partition coefficient (Wildman–Crippen LogP) is 4.54. The second-order valence-electron chi connectivity index (χ2n) is 7.39. The molecule has 0 saturated heterocycles. The second-order valence-corrected chi connectivity index (χ2v) is 9.04. The summed E-state index contributed by atoms with van der Waals surface area (Å²) in [5.41, 5.74) is 2.97. The number of hydrogen-bond acceptors (Lipinski definition) is 4. The van der Waals surface area contributed by atoms with E-state index in [9.17, 15) is 13.2 Å². The van der Waals surface area contributed by atoms with Crippen molar-refractivity contribution in [3.05, 3.63) is 102 Å². The van der Waals surface area contributed by atoms with Gasteiger partial charge in [0.05, 0.1) is 10.6 Å². The monoisotopic (exact) mass is 446 g/mol. The number of rotatable bonds is 6. The van der Waals surface area contributed by atoms with Gasteiger partial charge in [-0.25, -0.2) is 13.1 Å². The van der Waals surface area contributed by atoms with Crippen LogP contribution in [0.1, 0.15) is 21.5 Å². The van der Waals surface area contributed by atoms with Crippen molar-refractivity contribution in [1.82, 2.24) is 9.78 Å². The van der Waals surface area contributed by atoms with Crippen LogP contribution in [-0.2, 0) is 10.0 Å². The molecule has 0 aliphatic rings. The molecule has 4 aromatic rings. The second kappa shape index (κ2) is 8.68. The molecule has 1 amide bonds. The van der Waals surface area contributed by atoms with Crippen molar-refractivity contribution in [2.24, 2.45) is 0 Å². The number of sulfonamides is 1. The van der Waals surface area contributed by atoms with Gasteiger partial charge in [0.15, 0.2) is 5.82 Å². The van der Waals surface area contributed by atoms with E-state index in [0.717, 1.165) is 11.3 Å². The Morgan fingerprint density at radius 3 is 2.47 bits per heavy atom. The third-order valence-electron chi connectivity index (χ3n) is 4.86. The first kappa shape index (κ1) is 21.3. The highest BCUT2D eigenvalue weighted by Crippen LogP contribution is 2.22. The highest BCUT2D eigenvalue weighted by Gasteiger charge is 2.18. The Balaban J connectivity index is 1.51. The fourth-order valence-corrected chi connectivity index (χ4v) is 4.61. The Kier molecular flexibility index (Phi) is 5.79. The molecule has 162 valence electrons. The molecule has 4 rings (SSSR count). The fraction of sp³-hybridized carbons (Fsp3) is 0.0833. The summed E-state index contributed by atoms with van der Waals surface area (Å²) in [6.45, 7) is 3.58. The zero-order chi connectivity index (χ0) is 22.7. The Hall–Kier alpha value is -3.91. The third kappa shape index (κ3) is 4.70. The zero-order valence-corrected chi connectivity index (χ0v) is 18.4. The number of carbonyl (C=O) groups excluding carboxylic acids is 1. The molecule has 1 heterocycles. The van der Waals surface area contributed by atoms with E-state index in [2.05, 4.69) is 15.1 Å². The number of hydrogen-bond donors (Lipinski definition) is 2. The number of aryl methyl sites for hydroxylation is 2. The molecule has 0 fully saturated rings. The number of nitrogens with zero attached hydrogens (tertiary/aromatic N) is 2. The Bertz CT molecular complexity index is 1380. The summed E-state index contributed by atoms with van der Waals surface area (Å²) in [5, 5.41) is 7.10. The minimum atomic E-state index is -3.79. The first-order valence-corrected chi connectivity index (χ1v) is 11.4. The van der Waals surface area contributed by atoms with E-state index < -0.39 is 15.9 Å². The molecule has 7 nitrogen and oxygen atoms in total. The van der Waals surface area contributed by atoms with Gasteiger partial charge in [0, 0.05) is 23.5 Å². The fourth-order valence-electron chi connectivity index (χ4n) is 3.23. The first-order chi connectivity index (χ1) is 15.3. The molecule has 0 unspecified atom stereocenters. The molecule has 0 atom stereocenters. The maximum atomic E-state index is 12.9. The Labute approximate surface area is 186 Å². The molecule has 32 heavy (non-hydrogen) atoms. The number of para-hydroxylation sites is 1. The minimum absolute atomic E-state index is 0.207. The van der Waals surface area contributed by atoms with E-state index in [-0.39, 0.29) is 4.90 Å². The van der Waals surface area contributed by atoms with Crippen LogP contribution in [-0.4, -0.2) is 24.1 Å². The summed E-state index contributed by atoms with van der Waals surface area (Å²) in [6, 6.07) is 22.8. The predicted molar refractivity (Wildman–Crippen MR) is 125 cm³/mol. The van der Waals surface area contributed by atoms with Crippen molar-refractivity contribution in [2.45, 2.75) is 18.7 Å². The van der Waals surface area contributed by atoms with Gasteiger partial charge in [-0.05, 0) is 61.4 Å². The summed E-state index contributed by atoms with van der Waals surface area (Å²) in [7, 11) is -3.79. The van der Waals surface area contributed by atoms with Gasteiger partial charge >= 0.3 is 0 Å². The molecule has 0 bridgehead atoms. The summed E-state index contributed by atoms with van der Waals surface area (Å²) in [5.74, 6) is -0.00341. The minimum Gasteiger partial charge on any atom is -0.305 e. The van der Waals surface area contributed by atoms with Gasteiger partial charge in [-0.3, -0.25) is 9.52 Å². The van der Waals surface area contributed by atoms with Gasteiger partial charge in [0.1, 0.15) is 0 Å². The normalized spacial score (nSPS) is 11.2. The van der Waals surface area contributed by atoms with Gasteiger partial charge in [-0.15, -0.1) is 0 Å². The lowest BCUT2D eigenvalue weighted by Gasteiger charge is -2.12. The molecule has 0 radical (unpaired) electrons. The van der Waals surface area contributed by atoms with Crippen LogP contribution in [0.3, 0.4) is 0 Å². The van der Waals surface area contributed by atoms with E-state index in [1.807, 2.05) is 43.3 Å². The van der Waals surface area contributed by atoms with E-state index >= 15 is 0 Å². The summed E-state index contributed by atoms with van der Waals surface area (Å²) in [4.78, 5) is 12.9. The Morgan fingerprint density at radius 1 is 0.906 bits per heavy atom. The number of anilines is 2. The topological polar surface area (TPSA) is 93.1 Å². The van der Waals surface area contributed by atoms with Gasteiger partial charge in [0.25, 0.3) is 15.9 Å². The molecule has 0 aliphatic carbocycles. The van der Waals surface area contributed by atoms with Crippen molar-refractivity contribution < 1.29 is 13.2 Å². The summed E-state index contributed by atoms with van der Waals surface area (Å²) in [6.07, 6.45) is 1.75. The Morgan fingerprint density at radius 2 is 1.69 bits per heavy atom. The first-order valence-electron chi connectivity index (χ1n) is 9.94. The lowest BCUT2D eigenvalue weighted by Crippen LogP contribution is -2.16. The van der Waals surface area contributed by atoms with Gasteiger partial charge < -0.3 is 5.32 Å². The highest BCUT2D eigenvalue weighted by molar-refractivity contribution is 7.92. The van der Waals surface area contributed by atoms with Crippen molar-refractivity contribution in [3.63, 3.8) is 0 Å². The van der Waals surface area contributed by atoms with Crippen molar-refractivity contribution in [1.29, 1.82) is 0 Å². The summed E-state index contributed by atoms with van der Waals surface area (Å²) < 4.78 is 29.9. The number of carbonyl (C=O) groups is 1. The molecule has 0 spiro atoms. The van der Waals surface area contributed by atoms with Crippen LogP contribution in [0.2, 0.25) is 0 Å². The smallest absolute Gasteiger partial charge is 0.262 e. The largest absolute Gasteiger partial charge is 0.305 e. The van der Waals surface area contributed by atoms with Crippen LogP contribution in [0.25, 0.3) is 5.69 Å². The molecular weight excluding hydrogens is 424 g/mol. The van der Waals surface area contributed by atoms with Crippen LogP contribution in [0.4, 0.5) is 11.5 Å². The van der Waals surface area contributed by atoms with Gasteiger partial charge in [0.2, 0.25) is 0 Å². The van der Waals surface area contributed by atoms with E-state index in [0.29, 0.717) is 22.6 Å². The van der Waals surface area contributed by atoms with E-state index in [4.69, 9.17) is 0 Å². The SMILES string of the molecule is Cc1ccc(C)c(S(=O)(=O)Nc2cccc(C(=O)Nc3ccn(-c4ccccc4)n3)c2)c1. The van der Waals surface area contributed by atoms with Crippen LogP contribution >= 0.6 is 0 Å². The molecule has 1 aromatic heterocycles. The standard InChI is InChI=1S/C24H22N4O3S/c1-17-11-12-18(2)22(15-17)32(30,31)27-20-8-6-7-19(16-20)24(29)25-23-13-14-28(26-23)21-9-4-3-5-10-21/h3-16,27H,1-2H3,(H,25,26,29). The molecular formula is C24H22N4O3S. The number of aromatic nitrogens is 2.